The van der Waals surface area contributed by atoms with Gasteiger partial charge in [0.15, 0.2) is 0 Å². The van der Waals surface area contributed by atoms with Crippen LogP contribution < -0.4 is 0 Å². The molecule has 0 aliphatic heterocycles. The van der Waals surface area contributed by atoms with E-state index in [1.165, 1.54) is 12.8 Å². The summed E-state index contributed by atoms with van der Waals surface area (Å²) in [4.78, 5) is 10.4. The molecule has 1 nitrogen and oxygen atoms in total. The minimum Gasteiger partial charge on any atom is -0.303 e. The van der Waals surface area contributed by atoms with Crippen molar-refractivity contribution in [2.75, 3.05) is 0 Å². The molecule has 4 unspecified atom stereocenters. The standard InChI is InChI=1S/C11H20O/c1-8-6-9(2)10(3)11(7-8)4-5-12/h5,8-11H,4,6-7H2,1-3H3. The van der Waals surface area contributed by atoms with Crippen molar-refractivity contribution in [2.45, 2.75) is 40.0 Å². The number of carbonyl (C=O) groups excluding carboxylic acids is 1. The fourth-order valence-corrected chi connectivity index (χ4v) is 2.58. The van der Waals surface area contributed by atoms with E-state index >= 15 is 0 Å². The molecule has 1 fully saturated rings. The van der Waals surface area contributed by atoms with Crippen LogP contribution in [0.4, 0.5) is 0 Å². The Labute approximate surface area is 75.5 Å². The van der Waals surface area contributed by atoms with Crippen molar-refractivity contribution in [3.8, 4) is 0 Å². The predicted molar refractivity (Wildman–Crippen MR) is 50.9 cm³/mol. The summed E-state index contributed by atoms with van der Waals surface area (Å²) in [7, 11) is 0. The van der Waals surface area contributed by atoms with Crippen LogP contribution in [-0.2, 0) is 4.79 Å². The van der Waals surface area contributed by atoms with Crippen LogP contribution in [-0.4, -0.2) is 6.29 Å². The van der Waals surface area contributed by atoms with Crippen LogP contribution in [0.1, 0.15) is 40.0 Å². The van der Waals surface area contributed by atoms with Crippen LogP contribution in [0.25, 0.3) is 0 Å². The molecule has 0 heterocycles. The molecule has 0 spiro atoms. The smallest absolute Gasteiger partial charge is 0.120 e. The number of aldehydes is 1. The van der Waals surface area contributed by atoms with Crippen LogP contribution in [0.5, 0.6) is 0 Å². The van der Waals surface area contributed by atoms with Crippen molar-refractivity contribution >= 4 is 6.29 Å². The zero-order valence-corrected chi connectivity index (χ0v) is 8.42. The minimum absolute atomic E-state index is 0.654. The number of rotatable bonds is 2. The van der Waals surface area contributed by atoms with Gasteiger partial charge in [0.2, 0.25) is 0 Å². The molecule has 1 rings (SSSR count). The number of hydrogen-bond acceptors (Lipinski definition) is 1. The van der Waals surface area contributed by atoms with E-state index in [0.717, 1.165) is 30.5 Å². The maximum absolute atomic E-state index is 10.4. The Balaban J connectivity index is 2.53. The Morgan fingerprint density at radius 1 is 1.25 bits per heavy atom. The highest BCUT2D eigenvalue weighted by Gasteiger charge is 2.30. The summed E-state index contributed by atoms with van der Waals surface area (Å²) in [6.45, 7) is 6.92. The lowest BCUT2D eigenvalue weighted by Gasteiger charge is -2.36. The second kappa shape index (κ2) is 4.06. The maximum atomic E-state index is 10.4. The first kappa shape index (κ1) is 9.76. The van der Waals surface area contributed by atoms with Crippen LogP contribution in [0.2, 0.25) is 0 Å². The Morgan fingerprint density at radius 2 is 1.92 bits per heavy atom. The molecule has 0 aromatic carbocycles. The lowest BCUT2D eigenvalue weighted by atomic mass is 9.69. The SMILES string of the molecule is CC1CC(C)C(C)C(CC=O)C1. The van der Waals surface area contributed by atoms with Gasteiger partial charge >= 0.3 is 0 Å². The van der Waals surface area contributed by atoms with Crippen molar-refractivity contribution in [1.82, 2.24) is 0 Å². The molecule has 1 heteroatoms. The highest BCUT2D eigenvalue weighted by Crippen LogP contribution is 2.38. The van der Waals surface area contributed by atoms with E-state index in [0.29, 0.717) is 5.92 Å². The molecule has 1 aliphatic rings. The van der Waals surface area contributed by atoms with Gasteiger partial charge in [-0.1, -0.05) is 20.8 Å². The summed E-state index contributed by atoms with van der Waals surface area (Å²) in [5.41, 5.74) is 0. The van der Waals surface area contributed by atoms with E-state index in [9.17, 15) is 4.79 Å². The first-order chi connectivity index (χ1) is 5.65. The molecule has 1 aliphatic carbocycles. The zero-order valence-electron chi connectivity index (χ0n) is 8.42. The van der Waals surface area contributed by atoms with Crippen LogP contribution >= 0.6 is 0 Å². The third-order valence-electron chi connectivity index (χ3n) is 3.52. The van der Waals surface area contributed by atoms with Crippen molar-refractivity contribution in [1.29, 1.82) is 0 Å². The Bertz CT molecular complexity index is 153. The van der Waals surface area contributed by atoms with E-state index in [-0.39, 0.29) is 0 Å². The van der Waals surface area contributed by atoms with Crippen LogP contribution in [0, 0.1) is 23.7 Å². The highest BCUT2D eigenvalue weighted by atomic mass is 16.1. The third-order valence-corrected chi connectivity index (χ3v) is 3.52. The molecule has 0 saturated heterocycles. The predicted octanol–water partition coefficient (Wildman–Crippen LogP) is 2.89. The highest BCUT2D eigenvalue weighted by molar-refractivity contribution is 5.49. The van der Waals surface area contributed by atoms with Gasteiger partial charge < -0.3 is 4.79 Å². The summed E-state index contributed by atoms with van der Waals surface area (Å²) in [5.74, 6) is 3.02. The van der Waals surface area contributed by atoms with Gasteiger partial charge in [-0.25, -0.2) is 0 Å². The molecule has 0 aromatic heterocycles. The van der Waals surface area contributed by atoms with Crippen molar-refractivity contribution in [2.24, 2.45) is 23.7 Å². The third kappa shape index (κ3) is 2.09. The van der Waals surface area contributed by atoms with E-state index in [1.807, 2.05) is 0 Å². The fraction of sp³-hybridized carbons (Fsp3) is 0.909. The van der Waals surface area contributed by atoms with Gasteiger partial charge in [0.1, 0.15) is 6.29 Å². The fourth-order valence-electron chi connectivity index (χ4n) is 2.58. The van der Waals surface area contributed by atoms with Crippen molar-refractivity contribution in [3.63, 3.8) is 0 Å². The molecular formula is C11H20O. The lowest BCUT2D eigenvalue weighted by Crippen LogP contribution is -2.28. The molecule has 12 heavy (non-hydrogen) atoms. The first-order valence-electron chi connectivity index (χ1n) is 5.08. The quantitative estimate of drug-likeness (QED) is 0.579. The van der Waals surface area contributed by atoms with Gasteiger partial charge in [0.25, 0.3) is 0 Å². The van der Waals surface area contributed by atoms with E-state index in [2.05, 4.69) is 20.8 Å². The van der Waals surface area contributed by atoms with Gasteiger partial charge in [0.05, 0.1) is 0 Å². The average molecular weight is 168 g/mol. The zero-order chi connectivity index (χ0) is 9.14. The second-order valence-electron chi connectivity index (χ2n) is 4.58. The van der Waals surface area contributed by atoms with Gasteiger partial charge in [-0.05, 0) is 36.5 Å². The Kier molecular flexibility index (Phi) is 3.30. The molecule has 4 atom stereocenters. The summed E-state index contributed by atoms with van der Waals surface area (Å²) >= 11 is 0. The summed E-state index contributed by atoms with van der Waals surface area (Å²) in [6, 6.07) is 0. The molecule has 0 amide bonds. The van der Waals surface area contributed by atoms with Crippen LogP contribution in [0.15, 0.2) is 0 Å². The van der Waals surface area contributed by atoms with Gasteiger partial charge in [0, 0.05) is 6.42 Å². The molecule has 0 N–H and O–H groups in total. The van der Waals surface area contributed by atoms with E-state index in [1.54, 1.807) is 0 Å². The maximum Gasteiger partial charge on any atom is 0.120 e. The van der Waals surface area contributed by atoms with E-state index in [4.69, 9.17) is 0 Å². The Hall–Kier alpha value is -0.330. The minimum atomic E-state index is 0.654. The molecule has 0 bridgehead atoms. The number of hydrogen-bond donors (Lipinski definition) is 0. The van der Waals surface area contributed by atoms with Gasteiger partial charge in [-0.2, -0.15) is 0 Å². The first-order valence-corrected chi connectivity index (χ1v) is 5.08. The van der Waals surface area contributed by atoms with Gasteiger partial charge in [-0.3, -0.25) is 0 Å². The molecular weight excluding hydrogens is 148 g/mol. The molecule has 0 radical (unpaired) electrons. The topological polar surface area (TPSA) is 17.1 Å². The number of carbonyl (C=O) groups is 1. The summed E-state index contributed by atoms with van der Waals surface area (Å²) in [6.07, 6.45) is 4.46. The normalized spacial score (nSPS) is 42.6. The van der Waals surface area contributed by atoms with Gasteiger partial charge in [-0.15, -0.1) is 0 Å². The molecule has 70 valence electrons. The van der Waals surface area contributed by atoms with Crippen molar-refractivity contribution < 1.29 is 4.79 Å². The molecule has 0 aromatic rings. The summed E-state index contributed by atoms with van der Waals surface area (Å²) < 4.78 is 0. The average Bonchev–Trinajstić information content (AvgIpc) is 2.00. The lowest BCUT2D eigenvalue weighted by molar-refractivity contribution is -0.109. The summed E-state index contributed by atoms with van der Waals surface area (Å²) in [5, 5.41) is 0. The van der Waals surface area contributed by atoms with Crippen LogP contribution in [0.3, 0.4) is 0 Å². The van der Waals surface area contributed by atoms with Crippen molar-refractivity contribution in [3.05, 3.63) is 0 Å². The molecule has 1 saturated carbocycles. The monoisotopic (exact) mass is 168 g/mol. The second-order valence-corrected chi connectivity index (χ2v) is 4.58. The largest absolute Gasteiger partial charge is 0.303 e. The Morgan fingerprint density at radius 3 is 2.50 bits per heavy atom. The van der Waals surface area contributed by atoms with E-state index < -0.39 is 0 Å².